The first-order chi connectivity index (χ1) is 8.47. The van der Waals surface area contributed by atoms with Gasteiger partial charge in [-0.3, -0.25) is 9.59 Å². The van der Waals surface area contributed by atoms with Crippen LogP contribution in [0.15, 0.2) is 0 Å². The van der Waals surface area contributed by atoms with E-state index in [-0.39, 0.29) is 17.7 Å². The highest BCUT2D eigenvalue weighted by Crippen LogP contribution is 2.04. The van der Waals surface area contributed by atoms with Crippen molar-refractivity contribution in [1.82, 2.24) is 10.2 Å². The van der Waals surface area contributed by atoms with E-state index in [1.807, 2.05) is 27.7 Å². The number of carbonyl (C=O) groups excluding carboxylic acids is 2. The zero-order chi connectivity index (χ0) is 14.1. The molecule has 0 fully saturated rings. The molecule has 0 aromatic rings. The Morgan fingerprint density at radius 1 is 1.22 bits per heavy atom. The molecule has 3 N–H and O–H groups in total. The Hall–Kier alpha value is -1.10. The monoisotopic (exact) mass is 257 g/mol. The van der Waals surface area contributed by atoms with Crippen LogP contribution >= 0.6 is 0 Å². The van der Waals surface area contributed by atoms with Crippen LogP contribution in [0.1, 0.15) is 40.5 Å². The van der Waals surface area contributed by atoms with Crippen molar-refractivity contribution in [2.24, 2.45) is 11.7 Å². The standard InChI is InChI=1S/C13H27N3O2/c1-5-10(4)12(14)13(18)15-9-8-11(17)16(6-2)7-3/h10,12H,5-9,14H2,1-4H3,(H,15,18)/t10?,12-/m0/s1. The van der Waals surface area contributed by atoms with Crippen LogP contribution < -0.4 is 11.1 Å². The van der Waals surface area contributed by atoms with Crippen LogP contribution in [0.5, 0.6) is 0 Å². The van der Waals surface area contributed by atoms with Crippen LogP contribution in [-0.4, -0.2) is 42.4 Å². The van der Waals surface area contributed by atoms with Crippen molar-refractivity contribution >= 4 is 11.8 Å². The highest BCUT2D eigenvalue weighted by atomic mass is 16.2. The van der Waals surface area contributed by atoms with E-state index in [4.69, 9.17) is 5.73 Å². The van der Waals surface area contributed by atoms with Gasteiger partial charge in [-0.2, -0.15) is 0 Å². The first kappa shape index (κ1) is 16.9. The number of carbonyl (C=O) groups is 2. The first-order valence-electron chi connectivity index (χ1n) is 6.78. The Labute approximate surface area is 110 Å². The van der Waals surface area contributed by atoms with E-state index in [1.54, 1.807) is 4.90 Å². The SMILES string of the molecule is CCC(C)[C@H](N)C(=O)NCCC(=O)N(CC)CC. The number of hydrogen-bond donors (Lipinski definition) is 2. The minimum absolute atomic E-state index is 0.0670. The van der Waals surface area contributed by atoms with Gasteiger partial charge in [-0.15, -0.1) is 0 Å². The molecule has 0 aliphatic rings. The summed E-state index contributed by atoms with van der Waals surface area (Å²) < 4.78 is 0. The fraction of sp³-hybridized carbons (Fsp3) is 0.846. The van der Waals surface area contributed by atoms with E-state index < -0.39 is 6.04 Å². The molecule has 0 rings (SSSR count). The van der Waals surface area contributed by atoms with Crippen LogP contribution in [0, 0.1) is 5.92 Å². The van der Waals surface area contributed by atoms with Crippen molar-refractivity contribution in [3.63, 3.8) is 0 Å². The van der Waals surface area contributed by atoms with Gasteiger partial charge in [0.05, 0.1) is 6.04 Å². The normalized spacial score (nSPS) is 13.8. The number of rotatable bonds is 8. The molecule has 5 nitrogen and oxygen atoms in total. The Morgan fingerprint density at radius 3 is 2.22 bits per heavy atom. The van der Waals surface area contributed by atoms with Gasteiger partial charge in [-0.1, -0.05) is 20.3 Å². The number of nitrogens with two attached hydrogens (primary N) is 1. The molecule has 0 saturated carbocycles. The summed E-state index contributed by atoms with van der Waals surface area (Å²) >= 11 is 0. The molecule has 18 heavy (non-hydrogen) atoms. The Morgan fingerprint density at radius 2 is 1.78 bits per heavy atom. The van der Waals surface area contributed by atoms with E-state index in [1.165, 1.54) is 0 Å². The maximum absolute atomic E-state index is 11.7. The average molecular weight is 257 g/mol. The second kappa shape index (κ2) is 8.91. The molecule has 0 bridgehead atoms. The molecular weight excluding hydrogens is 230 g/mol. The predicted octanol–water partition coefficient (Wildman–Crippen LogP) is 0.735. The zero-order valence-electron chi connectivity index (χ0n) is 12.0. The molecule has 2 amide bonds. The fourth-order valence-electron chi connectivity index (χ4n) is 1.66. The molecule has 0 heterocycles. The molecule has 0 aromatic carbocycles. The molecule has 106 valence electrons. The minimum atomic E-state index is -0.487. The van der Waals surface area contributed by atoms with Gasteiger partial charge in [0.1, 0.15) is 0 Å². The van der Waals surface area contributed by atoms with Crippen LogP contribution in [0.4, 0.5) is 0 Å². The van der Waals surface area contributed by atoms with Crippen molar-refractivity contribution in [3.05, 3.63) is 0 Å². The number of amides is 2. The molecule has 0 aromatic heterocycles. The van der Waals surface area contributed by atoms with E-state index >= 15 is 0 Å². The Kier molecular flexibility index (Phi) is 8.37. The molecule has 1 unspecified atom stereocenters. The van der Waals surface area contributed by atoms with Crippen molar-refractivity contribution in [1.29, 1.82) is 0 Å². The third-order valence-electron chi connectivity index (χ3n) is 3.31. The molecule has 2 atom stereocenters. The highest BCUT2D eigenvalue weighted by molar-refractivity contribution is 5.82. The van der Waals surface area contributed by atoms with E-state index in [2.05, 4.69) is 5.32 Å². The summed E-state index contributed by atoms with van der Waals surface area (Å²) in [6, 6.07) is -0.487. The lowest BCUT2D eigenvalue weighted by Crippen LogP contribution is -2.45. The summed E-state index contributed by atoms with van der Waals surface area (Å²) in [4.78, 5) is 25.1. The summed E-state index contributed by atoms with van der Waals surface area (Å²) in [7, 11) is 0. The van der Waals surface area contributed by atoms with Crippen LogP contribution in [-0.2, 0) is 9.59 Å². The van der Waals surface area contributed by atoms with Crippen LogP contribution in [0.25, 0.3) is 0 Å². The second-order valence-corrected chi connectivity index (χ2v) is 4.52. The van der Waals surface area contributed by atoms with Crippen LogP contribution in [0.2, 0.25) is 0 Å². The van der Waals surface area contributed by atoms with Gasteiger partial charge in [0.25, 0.3) is 0 Å². The smallest absolute Gasteiger partial charge is 0.237 e. The van der Waals surface area contributed by atoms with E-state index in [0.717, 1.165) is 6.42 Å². The summed E-state index contributed by atoms with van der Waals surface area (Å²) in [5.74, 6) is 0.0533. The van der Waals surface area contributed by atoms with Gasteiger partial charge >= 0.3 is 0 Å². The van der Waals surface area contributed by atoms with E-state index in [9.17, 15) is 9.59 Å². The summed E-state index contributed by atoms with van der Waals surface area (Å²) in [5, 5.41) is 2.72. The molecule has 0 radical (unpaired) electrons. The molecular formula is C13H27N3O2. The van der Waals surface area contributed by atoms with E-state index in [0.29, 0.717) is 26.1 Å². The summed E-state index contributed by atoms with van der Waals surface area (Å²) in [5.41, 5.74) is 5.79. The largest absolute Gasteiger partial charge is 0.354 e. The van der Waals surface area contributed by atoms with Gasteiger partial charge in [0, 0.05) is 26.1 Å². The topological polar surface area (TPSA) is 75.4 Å². The summed E-state index contributed by atoms with van der Waals surface area (Å²) in [6.45, 7) is 9.61. The molecule has 5 heteroatoms. The predicted molar refractivity (Wildman–Crippen MR) is 73.0 cm³/mol. The number of nitrogens with zero attached hydrogens (tertiary/aromatic N) is 1. The van der Waals surface area contributed by atoms with Crippen LogP contribution in [0.3, 0.4) is 0 Å². The third kappa shape index (κ3) is 5.49. The highest BCUT2D eigenvalue weighted by Gasteiger charge is 2.19. The fourth-order valence-corrected chi connectivity index (χ4v) is 1.66. The van der Waals surface area contributed by atoms with Gasteiger partial charge < -0.3 is 16.0 Å². The lowest BCUT2D eigenvalue weighted by atomic mass is 9.99. The maximum Gasteiger partial charge on any atom is 0.237 e. The Balaban J connectivity index is 3.97. The lowest BCUT2D eigenvalue weighted by molar-refractivity contribution is -0.130. The molecule has 0 aliphatic heterocycles. The molecule has 0 aliphatic carbocycles. The first-order valence-corrected chi connectivity index (χ1v) is 6.78. The second-order valence-electron chi connectivity index (χ2n) is 4.52. The van der Waals surface area contributed by atoms with Gasteiger partial charge in [0.15, 0.2) is 0 Å². The van der Waals surface area contributed by atoms with Crippen molar-refractivity contribution in [2.75, 3.05) is 19.6 Å². The summed E-state index contributed by atoms with van der Waals surface area (Å²) in [6.07, 6.45) is 1.20. The number of nitrogens with one attached hydrogen (secondary N) is 1. The quantitative estimate of drug-likeness (QED) is 0.673. The third-order valence-corrected chi connectivity index (χ3v) is 3.31. The maximum atomic E-state index is 11.7. The van der Waals surface area contributed by atoms with Crippen molar-refractivity contribution in [3.8, 4) is 0 Å². The van der Waals surface area contributed by atoms with Crippen molar-refractivity contribution < 1.29 is 9.59 Å². The van der Waals surface area contributed by atoms with Gasteiger partial charge in [-0.25, -0.2) is 0 Å². The van der Waals surface area contributed by atoms with Crippen molar-refractivity contribution in [2.45, 2.75) is 46.6 Å². The lowest BCUT2D eigenvalue weighted by Gasteiger charge is -2.20. The van der Waals surface area contributed by atoms with Gasteiger partial charge in [-0.05, 0) is 19.8 Å². The average Bonchev–Trinajstić information content (AvgIpc) is 2.38. The minimum Gasteiger partial charge on any atom is -0.354 e. The Bertz CT molecular complexity index is 265. The van der Waals surface area contributed by atoms with Gasteiger partial charge in [0.2, 0.25) is 11.8 Å². The zero-order valence-corrected chi connectivity index (χ0v) is 12.0. The number of hydrogen-bond acceptors (Lipinski definition) is 3. The molecule has 0 spiro atoms. The molecule has 0 saturated heterocycles.